The third-order valence-corrected chi connectivity index (χ3v) is 24.7. The Labute approximate surface area is 555 Å². The molecular weight excluding hydrogens is 1280 g/mol. The van der Waals surface area contributed by atoms with Crippen molar-refractivity contribution in [1.29, 1.82) is 0 Å². The fourth-order valence-corrected chi connectivity index (χ4v) is 18.6. The summed E-state index contributed by atoms with van der Waals surface area (Å²) in [7, 11) is 0. The van der Waals surface area contributed by atoms with Crippen molar-refractivity contribution in [1.82, 2.24) is 0 Å². The maximum absolute atomic E-state index is 13.1. The number of aliphatic hydroxyl groups is 18. The molecule has 4 aliphatic carbocycles. The largest absolute Gasteiger partial charge is 0.396 e. The third kappa shape index (κ3) is 12.6. The molecule has 0 aromatic heterocycles. The van der Waals surface area contributed by atoms with Gasteiger partial charge in [-0.3, -0.25) is 4.79 Å². The number of aliphatic hydroxyl groups excluding tert-OH is 18. The van der Waals surface area contributed by atoms with Crippen LogP contribution in [-0.2, 0) is 66.4 Å². The van der Waals surface area contributed by atoms with Crippen molar-refractivity contribution in [2.75, 3.05) is 39.6 Å². The molecule has 0 unspecified atom stereocenters. The Morgan fingerprint density at radius 1 is 0.500 bits per heavy atom. The molecule has 32 heteroatoms. The zero-order valence-corrected chi connectivity index (χ0v) is 55.1. The highest BCUT2D eigenvalue weighted by molar-refractivity contribution is 5.83. The van der Waals surface area contributed by atoms with Crippen LogP contribution in [0.25, 0.3) is 0 Å². The minimum Gasteiger partial charge on any atom is -0.396 e. The molecule has 18 N–H and O–H groups in total. The fourth-order valence-electron chi connectivity index (χ4n) is 18.6. The number of fused-ring (bicyclic) bond motifs is 5. The van der Waals surface area contributed by atoms with Crippen LogP contribution in [0.3, 0.4) is 0 Å². The number of ketones is 1. The summed E-state index contributed by atoms with van der Waals surface area (Å²) in [4.78, 5) is 13.1. The Kier molecular flexibility index (Phi) is 22.8. The Balaban J connectivity index is 0.823. The van der Waals surface area contributed by atoms with E-state index >= 15 is 0 Å². The number of Topliss-reactive ketones (excluding diaryl/α,β-unsaturated/α-hetero) is 1. The maximum Gasteiger partial charge on any atom is 0.187 e. The van der Waals surface area contributed by atoms with Crippen LogP contribution in [0.1, 0.15) is 113 Å². The van der Waals surface area contributed by atoms with Gasteiger partial charge in [-0.15, -0.1) is 0 Å². The lowest BCUT2D eigenvalue weighted by Crippen LogP contribution is -2.69. The average molecular weight is 1390 g/mol. The molecule has 2 saturated carbocycles. The van der Waals surface area contributed by atoms with Crippen molar-refractivity contribution in [2.45, 2.75) is 309 Å². The molecule has 96 heavy (non-hydrogen) atoms. The maximum atomic E-state index is 13.1. The molecule has 552 valence electrons. The summed E-state index contributed by atoms with van der Waals surface area (Å²) in [6.07, 6.45) is -49.2. The van der Waals surface area contributed by atoms with Crippen molar-refractivity contribution in [3.63, 3.8) is 0 Å². The summed E-state index contributed by atoms with van der Waals surface area (Å²) in [5.41, 5.74) is 0.687. The first kappa shape index (κ1) is 75.3. The van der Waals surface area contributed by atoms with Crippen molar-refractivity contribution < 1.29 is 158 Å². The Bertz CT molecular complexity index is 2680. The molecule has 32 nitrogen and oxygen atoms in total. The Morgan fingerprint density at radius 3 is 1.65 bits per heavy atom. The average Bonchev–Trinajstić information content (AvgIpc) is 1.41. The van der Waals surface area contributed by atoms with E-state index in [-0.39, 0.29) is 40.5 Å². The number of rotatable bonds is 19. The molecule has 11 aliphatic rings. The van der Waals surface area contributed by atoms with Gasteiger partial charge in [-0.2, -0.15) is 0 Å². The van der Waals surface area contributed by atoms with Crippen molar-refractivity contribution >= 4 is 5.78 Å². The molecule has 0 aromatic carbocycles. The summed E-state index contributed by atoms with van der Waals surface area (Å²) in [6.45, 7) is 9.78. The third-order valence-electron chi connectivity index (χ3n) is 24.7. The van der Waals surface area contributed by atoms with Crippen molar-refractivity contribution in [2.24, 2.45) is 33.5 Å². The topological polar surface area (TPSA) is 501 Å². The summed E-state index contributed by atoms with van der Waals surface area (Å²) in [5, 5.41) is 199. The van der Waals surface area contributed by atoms with Crippen LogP contribution in [0, 0.1) is 33.5 Å². The predicted molar refractivity (Wildman–Crippen MR) is 318 cm³/mol. The number of ether oxygens (including phenoxy) is 13. The number of allylic oxidation sites excluding steroid dienone is 2. The molecule has 0 aromatic rings. The highest BCUT2D eigenvalue weighted by Gasteiger charge is 2.72. The quantitative estimate of drug-likeness (QED) is 0.0536. The van der Waals surface area contributed by atoms with Gasteiger partial charge in [-0.25, -0.2) is 0 Å². The van der Waals surface area contributed by atoms with Gasteiger partial charge in [-0.1, -0.05) is 52.7 Å². The summed E-state index contributed by atoms with van der Waals surface area (Å²) < 4.78 is 79.8. The molecular formula is C64H104O32. The normalized spacial score (nSPS) is 54.6. The van der Waals surface area contributed by atoms with E-state index < -0.39 is 234 Å². The molecule has 7 saturated heterocycles. The van der Waals surface area contributed by atoms with Gasteiger partial charge in [0.25, 0.3) is 0 Å². The first-order chi connectivity index (χ1) is 45.3. The smallest absolute Gasteiger partial charge is 0.187 e. The number of carbonyl (C=O) groups excluding carboxylic acids is 1. The molecule has 9 fully saturated rings. The van der Waals surface area contributed by atoms with Crippen LogP contribution in [0.2, 0.25) is 0 Å². The predicted octanol–water partition coefficient (Wildman–Crippen LogP) is -5.79. The molecule has 0 radical (unpaired) electrons. The zero-order chi connectivity index (χ0) is 69.8. The number of hydrogen-bond acceptors (Lipinski definition) is 32. The minimum atomic E-state index is -2.16. The highest BCUT2D eigenvalue weighted by atomic mass is 16.8. The van der Waals surface area contributed by atoms with Crippen LogP contribution < -0.4 is 0 Å². The Hall–Kier alpha value is -1.83. The van der Waals surface area contributed by atoms with Crippen molar-refractivity contribution in [3.05, 3.63) is 11.1 Å². The minimum absolute atomic E-state index is 0.113. The van der Waals surface area contributed by atoms with Crippen LogP contribution in [0.5, 0.6) is 0 Å². The molecule has 7 heterocycles. The fraction of sp³-hybridized carbons (Fsp3) is 0.953. The highest BCUT2D eigenvalue weighted by Crippen LogP contribution is 2.75. The van der Waals surface area contributed by atoms with E-state index in [0.29, 0.717) is 32.1 Å². The molecule has 38 atom stereocenters. The summed E-state index contributed by atoms with van der Waals surface area (Å²) in [5.74, 6) is 0.225. The van der Waals surface area contributed by atoms with Gasteiger partial charge in [0.05, 0.1) is 57.5 Å². The first-order valence-corrected chi connectivity index (χ1v) is 34.0. The number of hydrogen-bond donors (Lipinski definition) is 18. The standard InChI is InChI=1S/C64H104O32/c1-8-28(69)30-17-24(2)64(96-30)16-15-62(6)27-9-10-35-60(4,26(27)11-14-63(62,64)7)13-12-36(61(35,5)23-68)91-55-48(82)45(79)41(75)34(90-55)22-85-57-51(38(72)29(70)21-84-57)94-59-53(95-54-47(81)43(77)37(71)25(3)86-54)50(42(76)33(20-67)89-59)92-58-52(46(80)40(74)32(19-66)88-58)93-56-49(83)44(78)39(73)31(18-65)87-56/h24-25,29-59,65-68,70-83H,8-23H2,1-7H3/t24-,25+,29+,30+,31-,32-,33-,34-,35-,36+,37+,38+,39-,40-,41-,42-,43-,44+,45+,46+,47-,48-,49-,50+,51-,52-,53-,54+,55+,56+,57+,58+,59+,60-,61-,62+,63+,64+/m1/s1. The lowest BCUT2D eigenvalue weighted by atomic mass is 9.42. The van der Waals surface area contributed by atoms with E-state index in [4.69, 9.17) is 61.6 Å². The molecule has 7 aliphatic heterocycles. The second kappa shape index (κ2) is 29.0. The van der Waals surface area contributed by atoms with E-state index in [9.17, 15) is 96.7 Å². The van der Waals surface area contributed by atoms with Crippen LogP contribution in [0.15, 0.2) is 11.1 Å². The summed E-state index contributed by atoms with van der Waals surface area (Å²) >= 11 is 0. The molecule has 0 amide bonds. The van der Waals surface area contributed by atoms with E-state index in [1.165, 1.54) is 18.1 Å². The first-order valence-electron chi connectivity index (χ1n) is 34.0. The molecule has 0 bridgehead atoms. The van der Waals surface area contributed by atoms with Gasteiger partial charge >= 0.3 is 0 Å². The van der Waals surface area contributed by atoms with Crippen molar-refractivity contribution in [3.8, 4) is 0 Å². The van der Waals surface area contributed by atoms with E-state index in [0.717, 1.165) is 32.1 Å². The molecule has 1 spiro atoms. The monoisotopic (exact) mass is 1380 g/mol. The lowest BCUT2D eigenvalue weighted by Gasteiger charge is -2.63. The van der Waals surface area contributed by atoms with Gasteiger partial charge < -0.3 is 153 Å². The van der Waals surface area contributed by atoms with Crippen LogP contribution >= 0.6 is 0 Å². The number of carbonyl (C=O) groups is 1. The van der Waals surface area contributed by atoms with Gasteiger partial charge in [0, 0.05) is 17.3 Å². The van der Waals surface area contributed by atoms with Gasteiger partial charge in [0.15, 0.2) is 43.5 Å². The lowest BCUT2D eigenvalue weighted by molar-refractivity contribution is -0.414. The Morgan fingerprint density at radius 2 is 1.02 bits per heavy atom. The van der Waals surface area contributed by atoms with E-state index in [1.807, 2.05) is 13.8 Å². The SMILES string of the molecule is CCC(=O)[C@@H]1C[C@@H](C)[C@]2(CC[C@@]3(C)C4=C(CC[C@@]32C)[C@@]2(C)CC[C@H](O[C@@H]3O[C@H](CO[C@@H]5OC[C@H](O)[C@H](O)[C@H]5O[C@@H]5O[C@H](CO)[C@@H](O)[C@H](O[C@@H]6O[C@H](CO)[C@@H](O)[C@H](O)[C@H]6O[C@@H]6O[C@H](CO)[C@@H](O)[C@H](O)[C@H]6O)[C@H]5O[C@@H]5O[C@@H](C)[C@H](O)[C@@H](O)[C@H]5O)[C@@H](O)[C@H](O)[C@H]3O)[C@](C)(CO)[C@@H]2CC4)O1. The van der Waals surface area contributed by atoms with Gasteiger partial charge in [-0.05, 0) is 87.4 Å². The van der Waals surface area contributed by atoms with Gasteiger partial charge in [0.2, 0.25) is 0 Å². The second-order valence-electron chi connectivity index (χ2n) is 29.7. The van der Waals surface area contributed by atoms with Crippen LogP contribution in [-0.4, -0.2) is 333 Å². The second-order valence-corrected chi connectivity index (χ2v) is 29.7. The molecule has 11 rings (SSSR count). The van der Waals surface area contributed by atoms with E-state index in [2.05, 4.69) is 27.7 Å². The van der Waals surface area contributed by atoms with E-state index in [1.54, 1.807) is 0 Å². The van der Waals surface area contributed by atoms with Crippen LogP contribution in [0.4, 0.5) is 0 Å². The summed E-state index contributed by atoms with van der Waals surface area (Å²) in [6, 6.07) is 0. The zero-order valence-electron chi connectivity index (χ0n) is 55.1. The van der Waals surface area contributed by atoms with Gasteiger partial charge in [0.1, 0.15) is 140 Å².